The van der Waals surface area contributed by atoms with Gasteiger partial charge in [0.1, 0.15) is 17.0 Å². The first kappa shape index (κ1) is 11.6. The van der Waals surface area contributed by atoms with Gasteiger partial charge in [-0.25, -0.2) is 15.0 Å². The number of fused-ring (bicyclic) bond motifs is 1. The van der Waals surface area contributed by atoms with Crippen molar-refractivity contribution in [2.75, 3.05) is 11.9 Å². The molecule has 92 valence electrons. The topological polar surface area (TPSA) is 50.7 Å². The molecular formula is C12H12N4S2. The molecule has 0 unspecified atom stereocenters. The maximum atomic E-state index is 4.44. The molecule has 3 aromatic heterocycles. The number of thiazole rings is 1. The van der Waals surface area contributed by atoms with Crippen LogP contribution in [0.4, 0.5) is 5.82 Å². The molecule has 0 aliphatic heterocycles. The monoisotopic (exact) mass is 276 g/mol. The van der Waals surface area contributed by atoms with Crippen molar-refractivity contribution in [1.29, 1.82) is 0 Å². The van der Waals surface area contributed by atoms with E-state index in [0.717, 1.165) is 39.7 Å². The lowest BCUT2D eigenvalue weighted by atomic mass is 10.3. The summed E-state index contributed by atoms with van der Waals surface area (Å²) in [6.45, 7) is 2.87. The van der Waals surface area contributed by atoms with Crippen LogP contribution >= 0.6 is 22.7 Å². The second kappa shape index (κ2) is 4.99. The number of anilines is 1. The molecule has 0 radical (unpaired) electrons. The maximum absolute atomic E-state index is 4.44. The predicted molar refractivity (Wildman–Crippen MR) is 76.5 cm³/mol. The fraction of sp³-hybridized carbons (Fsp3) is 0.250. The highest BCUT2D eigenvalue weighted by Gasteiger charge is 2.04. The molecule has 18 heavy (non-hydrogen) atoms. The van der Waals surface area contributed by atoms with Gasteiger partial charge in [0.2, 0.25) is 0 Å². The molecule has 3 heterocycles. The van der Waals surface area contributed by atoms with Crippen LogP contribution in [0.3, 0.4) is 0 Å². The van der Waals surface area contributed by atoms with E-state index in [0.29, 0.717) is 0 Å². The maximum Gasteiger partial charge on any atom is 0.138 e. The lowest BCUT2D eigenvalue weighted by Gasteiger charge is -2.04. The standard InChI is InChI=1S/C12H12N4S2/c1-8-16-9(6-18-8)2-4-13-11-10-3-5-17-12(10)15-7-14-11/h3,5-7H,2,4H2,1H3,(H,13,14,15). The van der Waals surface area contributed by atoms with Gasteiger partial charge in [-0.1, -0.05) is 0 Å². The molecular weight excluding hydrogens is 264 g/mol. The van der Waals surface area contributed by atoms with Crippen molar-refractivity contribution >= 4 is 38.7 Å². The first-order chi connectivity index (χ1) is 8.83. The lowest BCUT2D eigenvalue weighted by Crippen LogP contribution is -2.06. The molecule has 0 amide bonds. The predicted octanol–water partition coefficient (Wildman–Crippen LogP) is 3.11. The summed E-state index contributed by atoms with van der Waals surface area (Å²) in [7, 11) is 0. The quantitative estimate of drug-likeness (QED) is 0.795. The summed E-state index contributed by atoms with van der Waals surface area (Å²) in [5.74, 6) is 0.910. The van der Waals surface area contributed by atoms with Gasteiger partial charge < -0.3 is 5.32 Å². The van der Waals surface area contributed by atoms with Crippen molar-refractivity contribution in [2.24, 2.45) is 0 Å². The third-order valence-corrected chi connectivity index (χ3v) is 4.24. The minimum atomic E-state index is 0.838. The van der Waals surface area contributed by atoms with Crippen molar-refractivity contribution in [1.82, 2.24) is 15.0 Å². The first-order valence-corrected chi connectivity index (χ1v) is 7.42. The lowest BCUT2D eigenvalue weighted by molar-refractivity contribution is 0.961. The van der Waals surface area contributed by atoms with Crippen LogP contribution in [0.5, 0.6) is 0 Å². The van der Waals surface area contributed by atoms with Crippen molar-refractivity contribution in [3.05, 3.63) is 33.9 Å². The van der Waals surface area contributed by atoms with Crippen molar-refractivity contribution in [2.45, 2.75) is 13.3 Å². The number of nitrogens with zero attached hydrogens (tertiary/aromatic N) is 3. The number of aromatic nitrogens is 3. The summed E-state index contributed by atoms with van der Waals surface area (Å²) in [4.78, 5) is 14.0. The Morgan fingerprint density at radius 1 is 1.28 bits per heavy atom. The van der Waals surface area contributed by atoms with Gasteiger partial charge in [0.15, 0.2) is 0 Å². The smallest absolute Gasteiger partial charge is 0.138 e. The highest BCUT2D eigenvalue weighted by atomic mass is 32.1. The molecule has 4 nitrogen and oxygen atoms in total. The van der Waals surface area contributed by atoms with Gasteiger partial charge >= 0.3 is 0 Å². The molecule has 0 atom stereocenters. The number of nitrogens with one attached hydrogen (secondary N) is 1. The third-order valence-electron chi connectivity index (χ3n) is 2.60. The van der Waals surface area contributed by atoms with Gasteiger partial charge in [-0.2, -0.15) is 0 Å². The summed E-state index contributed by atoms with van der Waals surface area (Å²) < 4.78 is 0. The zero-order chi connectivity index (χ0) is 12.4. The van der Waals surface area contributed by atoms with E-state index >= 15 is 0 Å². The average molecular weight is 276 g/mol. The normalized spacial score (nSPS) is 10.9. The van der Waals surface area contributed by atoms with Crippen molar-refractivity contribution in [3.63, 3.8) is 0 Å². The Labute approximate surface area is 113 Å². The minimum absolute atomic E-state index is 0.838. The molecule has 3 aromatic rings. The molecule has 0 bridgehead atoms. The fourth-order valence-corrected chi connectivity index (χ4v) is 3.14. The summed E-state index contributed by atoms with van der Waals surface area (Å²) in [6, 6.07) is 2.05. The molecule has 0 fully saturated rings. The molecule has 1 N–H and O–H groups in total. The van der Waals surface area contributed by atoms with Crippen LogP contribution in [0.1, 0.15) is 10.7 Å². The van der Waals surface area contributed by atoms with Gasteiger partial charge in [-0.05, 0) is 18.4 Å². The second-order valence-corrected chi connectivity index (χ2v) is 5.85. The van der Waals surface area contributed by atoms with Crippen molar-refractivity contribution in [3.8, 4) is 0 Å². The van der Waals surface area contributed by atoms with Gasteiger partial charge in [-0.3, -0.25) is 0 Å². The van der Waals surface area contributed by atoms with Crippen molar-refractivity contribution < 1.29 is 0 Å². The minimum Gasteiger partial charge on any atom is -0.369 e. The van der Waals surface area contributed by atoms with E-state index in [1.165, 1.54) is 0 Å². The Kier molecular flexibility index (Phi) is 3.21. The van der Waals surface area contributed by atoms with Gasteiger partial charge in [0.25, 0.3) is 0 Å². The van der Waals surface area contributed by atoms with E-state index in [1.807, 2.05) is 12.3 Å². The Morgan fingerprint density at radius 3 is 3.06 bits per heavy atom. The second-order valence-electron chi connectivity index (χ2n) is 3.90. The van der Waals surface area contributed by atoms with Crippen LogP contribution < -0.4 is 5.32 Å². The molecule has 0 spiro atoms. The van der Waals surface area contributed by atoms with E-state index in [-0.39, 0.29) is 0 Å². The van der Waals surface area contributed by atoms with Gasteiger partial charge in [0.05, 0.1) is 16.1 Å². The molecule has 0 saturated carbocycles. The third kappa shape index (κ3) is 2.34. The molecule has 6 heteroatoms. The zero-order valence-corrected chi connectivity index (χ0v) is 11.5. The number of rotatable bonds is 4. The molecule has 0 saturated heterocycles. The van der Waals surface area contributed by atoms with E-state index in [4.69, 9.17) is 0 Å². The van der Waals surface area contributed by atoms with Crippen LogP contribution in [0.15, 0.2) is 23.2 Å². The van der Waals surface area contributed by atoms with E-state index in [9.17, 15) is 0 Å². The van der Waals surface area contributed by atoms with E-state index in [1.54, 1.807) is 29.0 Å². The Hall–Kier alpha value is -1.53. The van der Waals surface area contributed by atoms with Gasteiger partial charge in [0, 0.05) is 18.3 Å². The van der Waals surface area contributed by atoms with E-state index < -0.39 is 0 Å². The highest BCUT2D eigenvalue weighted by molar-refractivity contribution is 7.16. The van der Waals surface area contributed by atoms with Gasteiger partial charge in [-0.15, -0.1) is 22.7 Å². The highest BCUT2D eigenvalue weighted by Crippen LogP contribution is 2.23. The molecule has 0 aliphatic rings. The Bertz CT molecular complexity index is 659. The van der Waals surface area contributed by atoms with Crippen LogP contribution in [0.25, 0.3) is 10.2 Å². The fourth-order valence-electron chi connectivity index (χ4n) is 1.76. The summed E-state index contributed by atoms with van der Waals surface area (Å²) in [6.07, 6.45) is 2.52. The summed E-state index contributed by atoms with van der Waals surface area (Å²) in [5, 5.41) is 9.71. The van der Waals surface area contributed by atoms with Crippen LogP contribution in [-0.2, 0) is 6.42 Å². The SMILES string of the molecule is Cc1nc(CCNc2ncnc3sccc23)cs1. The zero-order valence-electron chi connectivity index (χ0n) is 9.88. The molecule has 3 rings (SSSR count). The van der Waals surface area contributed by atoms with E-state index in [2.05, 4.69) is 31.7 Å². The number of hydrogen-bond acceptors (Lipinski definition) is 6. The summed E-state index contributed by atoms with van der Waals surface area (Å²) in [5.41, 5.74) is 1.14. The first-order valence-electron chi connectivity index (χ1n) is 5.66. The van der Waals surface area contributed by atoms with Crippen LogP contribution in [-0.4, -0.2) is 21.5 Å². The Morgan fingerprint density at radius 2 is 2.22 bits per heavy atom. The van der Waals surface area contributed by atoms with Crippen LogP contribution in [0.2, 0.25) is 0 Å². The molecule has 0 aromatic carbocycles. The number of hydrogen-bond donors (Lipinski definition) is 1. The average Bonchev–Trinajstić information content (AvgIpc) is 2.98. The summed E-state index contributed by atoms with van der Waals surface area (Å²) >= 11 is 3.32. The number of thiophene rings is 1. The molecule has 0 aliphatic carbocycles. The van der Waals surface area contributed by atoms with Crippen LogP contribution in [0, 0.1) is 6.92 Å². The Balaban J connectivity index is 1.68. The largest absolute Gasteiger partial charge is 0.369 e. The number of aryl methyl sites for hydroxylation is 1.